The van der Waals surface area contributed by atoms with Crippen molar-refractivity contribution in [2.75, 3.05) is 13.2 Å². The molecule has 2 aliphatic carbocycles. The number of hydrogen-bond acceptors (Lipinski definition) is 4. The molecular weight excluding hydrogens is 332 g/mol. The Labute approximate surface area is 154 Å². The molecule has 1 saturated heterocycles. The summed E-state index contributed by atoms with van der Waals surface area (Å²) in [6.07, 6.45) is 5.96. The lowest BCUT2D eigenvalue weighted by atomic mass is 9.92. The Morgan fingerprint density at radius 3 is 2.60 bits per heavy atom. The van der Waals surface area contributed by atoms with E-state index in [-0.39, 0.29) is 23.4 Å². The molecular formula is C20H36O4Si. The summed E-state index contributed by atoms with van der Waals surface area (Å²) in [5.41, 5.74) is 0. The number of fused-ring (bicyclic) bond motifs is 1. The summed E-state index contributed by atoms with van der Waals surface area (Å²) in [4.78, 5) is 12.3. The smallest absolute Gasteiger partial charge is 0.191 e. The third kappa shape index (κ3) is 4.20. The number of carbonyl (C=O) groups excluding carboxylic acids is 1. The molecule has 0 aromatic rings. The molecule has 144 valence electrons. The minimum absolute atomic E-state index is 0.0805. The minimum Gasteiger partial charge on any atom is -0.416 e. The molecule has 4 nitrogen and oxygen atoms in total. The van der Waals surface area contributed by atoms with E-state index in [1.807, 2.05) is 0 Å². The fourth-order valence-corrected chi connectivity index (χ4v) is 5.42. The Hall–Kier alpha value is -0.233. The molecule has 0 aromatic carbocycles. The summed E-state index contributed by atoms with van der Waals surface area (Å²) in [5.74, 6) is 1.43. The van der Waals surface area contributed by atoms with Crippen molar-refractivity contribution in [1.29, 1.82) is 0 Å². The number of Topliss-reactive ketones (excluding diaryl/α,β-unsaturated/α-hetero) is 1. The van der Waals surface area contributed by atoms with E-state index in [4.69, 9.17) is 13.9 Å². The minimum atomic E-state index is -1.79. The second kappa shape index (κ2) is 7.41. The molecule has 3 rings (SSSR count). The van der Waals surface area contributed by atoms with Gasteiger partial charge in [0, 0.05) is 31.5 Å². The van der Waals surface area contributed by atoms with Crippen molar-refractivity contribution in [3.63, 3.8) is 0 Å². The molecule has 0 bridgehead atoms. The van der Waals surface area contributed by atoms with Crippen LogP contribution >= 0.6 is 0 Å². The van der Waals surface area contributed by atoms with Crippen molar-refractivity contribution in [3.05, 3.63) is 0 Å². The molecule has 0 N–H and O–H groups in total. The number of rotatable bonds is 5. The lowest BCUT2D eigenvalue weighted by molar-refractivity contribution is -0.198. The summed E-state index contributed by atoms with van der Waals surface area (Å²) in [6.45, 7) is 13.0. The highest BCUT2D eigenvalue weighted by Gasteiger charge is 2.51. The predicted octanol–water partition coefficient (Wildman–Crippen LogP) is 4.54. The van der Waals surface area contributed by atoms with Crippen LogP contribution in [0.1, 0.15) is 59.3 Å². The SMILES string of the molecule is CC(C)(C)[Si](C)(C)OCC1C(OC2CCCCO2)CC2C(=O)CCC21. The van der Waals surface area contributed by atoms with Crippen LogP contribution in [0, 0.1) is 17.8 Å². The fourth-order valence-electron chi connectivity index (χ4n) is 4.38. The molecule has 3 fully saturated rings. The van der Waals surface area contributed by atoms with Crippen molar-refractivity contribution < 1.29 is 18.7 Å². The first-order valence-electron chi connectivity index (χ1n) is 10.1. The number of ether oxygens (including phenoxy) is 2. The maximum Gasteiger partial charge on any atom is 0.191 e. The largest absolute Gasteiger partial charge is 0.416 e. The third-order valence-electron chi connectivity index (χ3n) is 7.08. The molecule has 3 aliphatic rings. The van der Waals surface area contributed by atoms with Gasteiger partial charge < -0.3 is 13.9 Å². The van der Waals surface area contributed by atoms with Crippen LogP contribution in [0.2, 0.25) is 18.1 Å². The first-order valence-corrected chi connectivity index (χ1v) is 13.0. The third-order valence-corrected chi connectivity index (χ3v) is 11.6. The van der Waals surface area contributed by atoms with Gasteiger partial charge in [0.15, 0.2) is 14.6 Å². The van der Waals surface area contributed by atoms with E-state index >= 15 is 0 Å². The summed E-state index contributed by atoms with van der Waals surface area (Å²) in [6, 6.07) is 0. The standard InChI is InChI=1S/C20H36O4Si/c1-20(2,3)25(4,5)23-13-16-14-9-10-17(21)15(14)12-18(16)24-19-8-6-7-11-22-19/h14-16,18-19H,6-13H2,1-5H3. The average molecular weight is 369 g/mol. The normalized spacial score (nSPS) is 36.7. The quantitative estimate of drug-likeness (QED) is 0.669. The number of carbonyl (C=O) groups is 1. The maximum atomic E-state index is 12.3. The second-order valence-electron chi connectivity index (χ2n) is 9.72. The van der Waals surface area contributed by atoms with Gasteiger partial charge in [-0.25, -0.2) is 0 Å². The Morgan fingerprint density at radius 1 is 1.20 bits per heavy atom. The van der Waals surface area contributed by atoms with E-state index in [1.165, 1.54) is 6.42 Å². The van der Waals surface area contributed by atoms with Crippen molar-refractivity contribution in [3.8, 4) is 0 Å². The van der Waals surface area contributed by atoms with E-state index in [2.05, 4.69) is 33.9 Å². The van der Waals surface area contributed by atoms with Gasteiger partial charge in [0.1, 0.15) is 5.78 Å². The van der Waals surface area contributed by atoms with Gasteiger partial charge in [-0.05, 0) is 56.2 Å². The Balaban J connectivity index is 1.67. The molecule has 0 spiro atoms. The van der Waals surface area contributed by atoms with Crippen LogP contribution in [-0.4, -0.2) is 39.7 Å². The molecule has 5 unspecified atom stereocenters. The summed E-state index contributed by atoms with van der Waals surface area (Å²) < 4.78 is 18.7. The van der Waals surface area contributed by atoms with E-state index in [0.717, 1.165) is 45.3 Å². The monoisotopic (exact) mass is 368 g/mol. The fraction of sp³-hybridized carbons (Fsp3) is 0.950. The predicted molar refractivity (Wildman–Crippen MR) is 101 cm³/mol. The van der Waals surface area contributed by atoms with E-state index < -0.39 is 8.32 Å². The Morgan fingerprint density at radius 2 is 1.96 bits per heavy atom. The highest BCUT2D eigenvalue weighted by molar-refractivity contribution is 6.74. The molecule has 0 amide bonds. The maximum absolute atomic E-state index is 12.3. The lowest BCUT2D eigenvalue weighted by Gasteiger charge is -2.38. The molecule has 0 radical (unpaired) electrons. The number of hydrogen-bond donors (Lipinski definition) is 0. The Kier molecular flexibility index (Phi) is 5.79. The molecule has 1 heterocycles. The van der Waals surface area contributed by atoms with Gasteiger partial charge in [0.2, 0.25) is 0 Å². The Bertz CT molecular complexity index is 479. The van der Waals surface area contributed by atoms with Crippen LogP contribution in [0.15, 0.2) is 0 Å². The van der Waals surface area contributed by atoms with Crippen LogP contribution in [0.3, 0.4) is 0 Å². The average Bonchev–Trinajstić information content (AvgIpc) is 3.05. The van der Waals surface area contributed by atoms with Gasteiger partial charge in [0.05, 0.1) is 6.10 Å². The van der Waals surface area contributed by atoms with Gasteiger partial charge in [-0.2, -0.15) is 0 Å². The summed E-state index contributed by atoms with van der Waals surface area (Å²) >= 11 is 0. The molecule has 2 saturated carbocycles. The molecule has 0 aromatic heterocycles. The van der Waals surface area contributed by atoms with Crippen molar-refractivity contribution in [2.45, 2.75) is 89.8 Å². The lowest BCUT2D eigenvalue weighted by Crippen LogP contribution is -2.43. The van der Waals surface area contributed by atoms with Gasteiger partial charge in [-0.1, -0.05) is 20.8 Å². The molecule has 1 aliphatic heterocycles. The van der Waals surface area contributed by atoms with Crippen LogP contribution < -0.4 is 0 Å². The van der Waals surface area contributed by atoms with Crippen molar-refractivity contribution in [2.24, 2.45) is 17.8 Å². The van der Waals surface area contributed by atoms with Gasteiger partial charge in [-0.15, -0.1) is 0 Å². The van der Waals surface area contributed by atoms with Gasteiger partial charge in [-0.3, -0.25) is 4.79 Å². The zero-order chi connectivity index (χ0) is 18.2. The zero-order valence-corrected chi connectivity index (χ0v) is 17.7. The van der Waals surface area contributed by atoms with E-state index in [9.17, 15) is 4.79 Å². The molecule has 5 atom stereocenters. The topological polar surface area (TPSA) is 44.8 Å². The van der Waals surface area contributed by atoms with Crippen LogP contribution in [0.4, 0.5) is 0 Å². The molecule has 25 heavy (non-hydrogen) atoms. The van der Waals surface area contributed by atoms with Gasteiger partial charge >= 0.3 is 0 Å². The summed E-state index contributed by atoms with van der Waals surface area (Å²) in [5, 5.41) is 0.208. The zero-order valence-electron chi connectivity index (χ0n) is 16.7. The van der Waals surface area contributed by atoms with Crippen molar-refractivity contribution >= 4 is 14.1 Å². The van der Waals surface area contributed by atoms with Crippen LogP contribution in [0.5, 0.6) is 0 Å². The van der Waals surface area contributed by atoms with Gasteiger partial charge in [0.25, 0.3) is 0 Å². The van der Waals surface area contributed by atoms with Crippen LogP contribution in [-0.2, 0) is 18.7 Å². The second-order valence-corrected chi connectivity index (χ2v) is 14.5. The van der Waals surface area contributed by atoms with E-state index in [1.54, 1.807) is 0 Å². The highest BCUT2D eigenvalue weighted by atomic mass is 28.4. The first kappa shape index (κ1) is 19.5. The van der Waals surface area contributed by atoms with E-state index in [0.29, 0.717) is 17.6 Å². The van der Waals surface area contributed by atoms with Crippen molar-refractivity contribution in [1.82, 2.24) is 0 Å². The van der Waals surface area contributed by atoms with Crippen LogP contribution in [0.25, 0.3) is 0 Å². The first-order chi connectivity index (χ1) is 11.7. The number of ketones is 1. The highest BCUT2D eigenvalue weighted by Crippen LogP contribution is 2.48. The molecule has 5 heteroatoms. The summed E-state index contributed by atoms with van der Waals surface area (Å²) in [7, 11) is -1.79.